The number of aliphatic hydroxyl groups is 1. The number of hydrogen-bond donors (Lipinski definition) is 1. The van der Waals surface area contributed by atoms with E-state index >= 15 is 0 Å². The molecule has 0 aromatic heterocycles. The number of ether oxygens (including phenoxy) is 1. The maximum Gasteiger partial charge on any atom is 0.0681 e. The molecule has 0 spiro atoms. The molecule has 3 nitrogen and oxygen atoms in total. The SMILES string of the molecule is CCOCCN(C)c1ccc(CO)cc1. The van der Waals surface area contributed by atoms with Gasteiger partial charge in [0.2, 0.25) is 0 Å². The molecule has 0 heterocycles. The van der Waals surface area contributed by atoms with E-state index in [0.717, 1.165) is 31.0 Å². The van der Waals surface area contributed by atoms with E-state index in [1.807, 2.05) is 38.2 Å². The van der Waals surface area contributed by atoms with E-state index in [-0.39, 0.29) is 6.61 Å². The summed E-state index contributed by atoms with van der Waals surface area (Å²) in [4.78, 5) is 2.14. The molecule has 0 bridgehead atoms. The van der Waals surface area contributed by atoms with Crippen molar-refractivity contribution in [3.63, 3.8) is 0 Å². The molecule has 1 aromatic carbocycles. The molecule has 1 aromatic rings. The fraction of sp³-hybridized carbons (Fsp3) is 0.500. The second kappa shape index (κ2) is 6.43. The molecule has 1 N–H and O–H groups in total. The van der Waals surface area contributed by atoms with Crippen LogP contribution in [0.15, 0.2) is 24.3 Å². The fourth-order valence-electron chi connectivity index (χ4n) is 1.33. The van der Waals surface area contributed by atoms with Crippen LogP contribution in [0.5, 0.6) is 0 Å². The van der Waals surface area contributed by atoms with Gasteiger partial charge in [0.05, 0.1) is 13.2 Å². The van der Waals surface area contributed by atoms with Gasteiger partial charge < -0.3 is 14.7 Å². The van der Waals surface area contributed by atoms with E-state index in [4.69, 9.17) is 9.84 Å². The molecule has 3 heteroatoms. The third-order valence-corrected chi connectivity index (χ3v) is 2.33. The van der Waals surface area contributed by atoms with Gasteiger partial charge in [0.15, 0.2) is 0 Å². The lowest BCUT2D eigenvalue weighted by atomic mass is 10.2. The van der Waals surface area contributed by atoms with Crippen molar-refractivity contribution in [2.24, 2.45) is 0 Å². The minimum Gasteiger partial charge on any atom is -0.392 e. The summed E-state index contributed by atoms with van der Waals surface area (Å²) < 4.78 is 5.29. The zero-order valence-corrected chi connectivity index (χ0v) is 9.44. The zero-order valence-electron chi connectivity index (χ0n) is 9.44. The largest absolute Gasteiger partial charge is 0.392 e. The van der Waals surface area contributed by atoms with Gasteiger partial charge in [0.1, 0.15) is 0 Å². The maximum absolute atomic E-state index is 8.91. The molecule has 1 rings (SSSR count). The van der Waals surface area contributed by atoms with Crippen LogP contribution in [0.2, 0.25) is 0 Å². The van der Waals surface area contributed by atoms with Gasteiger partial charge in [-0.05, 0) is 24.6 Å². The molecule has 0 fully saturated rings. The first-order chi connectivity index (χ1) is 7.27. The lowest BCUT2D eigenvalue weighted by Crippen LogP contribution is -2.22. The van der Waals surface area contributed by atoms with Crippen molar-refractivity contribution in [1.29, 1.82) is 0 Å². The average Bonchev–Trinajstić information content (AvgIpc) is 2.29. The van der Waals surface area contributed by atoms with E-state index < -0.39 is 0 Å². The number of anilines is 1. The normalized spacial score (nSPS) is 10.3. The Labute approximate surface area is 91.3 Å². The van der Waals surface area contributed by atoms with Crippen LogP contribution < -0.4 is 4.90 Å². The second-order valence-electron chi connectivity index (χ2n) is 3.44. The highest BCUT2D eigenvalue weighted by molar-refractivity contribution is 5.46. The highest BCUT2D eigenvalue weighted by Gasteiger charge is 1.99. The number of benzene rings is 1. The summed E-state index contributed by atoms with van der Waals surface area (Å²) in [6, 6.07) is 7.90. The first-order valence-corrected chi connectivity index (χ1v) is 5.26. The van der Waals surface area contributed by atoms with Crippen LogP contribution in [0.1, 0.15) is 12.5 Å². The Bertz CT molecular complexity index is 271. The number of hydrogen-bond acceptors (Lipinski definition) is 3. The second-order valence-corrected chi connectivity index (χ2v) is 3.44. The molecule has 84 valence electrons. The van der Waals surface area contributed by atoms with Gasteiger partial charge in [-0.3, -0.25) is 0 Å². The lowest BCUT2D eigenvalue weighted by Gasteiger charge is -2.19. The summed E-state index contributed by atoms with van der Waals surface area (Å²) in [5.74, 6) is 0. The Morgan fingerprint density at radius 3 is 2.47 bits per heavy atom. The lowest BCUT2D eigenvalue weighted by molar-refractivity contribution is 0.154. The fourth-order valence-corrected chi connectivity index (χ4v) is 1.33. The van der Waals surface area contributed by atoms with E-state index in [9.17, 15) is 0 Å². The monoisotopic (exact) mass is 209 g/mol. The molecule has 0 aliphatic heterocycles. The number of rotatable bonds is 6. The molecule has 0 aliphatic rings. The van der Waals surface area contributed by atoms with Gasteiger partial charge in [0.25, 0.3) is 0 Å². The van der Waals surface area contributed by atoms with Crippen molar-refractivity contribution in [3.05, 3.63) is 29.8 Å². The van der Waals surface area contributed by atoms with Crippen molar-refractivity contribution in [1.82, 2.24) is 0 Å². The zero-order chi connectivity index (χ0) is 11.1. The molecular formula is C12H19NO2. The minimum atomic E-state index is 0.100. The van der Waals surface area contributed by atoms with Gasteiger partial charge >= 0.3 is 0 Å². The van der Waals surface area contributed by atoms with Crippen molar-refractivity contribution in [3.8, 4) is 0 Å². The van der Waals surface area contributed by atoms with Crippen LogP contribution in [-0.2, 0) is 11.3 Å². The highest BCUT2D eigenvalue weighted by atomic mass is 16.5. The predicted molar refractivity (Wildman–Crippen MR) is 62.1 cm³/mol. The van der Waals surface area contributed by atoms with Crippen molar-refractivity contribution >= 4 is 5.69 Å². The van der Waals surface area contributed by atoms with E-state index in [2.05, 4.69) is 4.90 Å². The van der Waals surface area contributed by atoms with Gasteiger partial charge in [-0.15, -0.1) is 0 Å². The van der Waals surface area contributed by atoms with Gasteiger partial charge in [0, 0.05) is 25.9 Å². The topological polar surface area (TPSA) is 32.7 Å². The van der Waals surface area contributed by atoms with Crippen LogP contribution in [0, 0.1) is 0 Å². The van der Waals surface area contributed by atoms with Crippen molar-refractivity contribution in [2.45, 2.75) is 13.5 Å². The summed E-state index contributed by atoms with van der Waals surface area (Å²) in [5, 5.41) is 8.91. The van der Waals surface area contributed by atoms with Crippen LogP contribution in [0.3, 0.4) is 0 Å². The maximum atomic E-state index is 8.91. The van der Waals surface area contributed by atoms with E-state index in [1.165, 1.54) is 0 Å². The van der Waals surface area contributed by atoms with Crippen LogP contribution in [0.4, 0.5) is 5.69 Å². The first kappa shape index (κ1) is 12.0. The number of likely N-dealkylation sites (N-methyl/N-ethyl adjacent to an activating group) is 1. The Balaban J connectivity index is 2.46. The summed E-state index contributed by atoms with van der Waals surface area (Å²) >= 11 is 0. The van der Waals surface area contributed by atoms with E-state index in [0.29, 0.717) is 0 Å². The molecule has 0 saturated carbocycles. The Kier molecular flexibility index (Phi) is 5.15. The summed E-state index contributed by atoms with van der Waals surface area (Å²) in [5.41, 5.74) is 2.09. The summed E-state index contributed by atoms with van der Waals surface area (Å²) in [6.07, 6.45) is 0. The Hall–Kier alpha value is -1.06. The molecule has 0 amide bonds. The van der Waals surface area contributed by atoms with Gasteiger partial charge in [-0.25, -0.2) is 0 Å². The van der Waals surface area contributed by atoms with Crippen LogP contribution in [0.25, 0.3) is 0 Å². The third kappa shape index (κ3) is 3.90. The van der Waals surface area contributed by atoms with Crippen LogP contribution in [-0.4, -0.2) is 31.9 Å². The predicted octanol–water partition coefficient (Wildman–Crippen LogP) is 1.65. The molecule has 15 heavy (non-hydrogen) atoms. The Morgan fingerprint density at radius 2 is 1.93 bits per heavy atom. The summed E-state index contributed by atoms with van der Waals surface area (Å²) in [6.45, 7) is 4.48. The third-order valence-electron chi connectivity index (χ3n) is 2.33. The van der Waals surface area contributed by atoms with Crippen LogP contribution >= 0.6 is 0 Å². The average molecular weight is 209 g/mol. The minimum absolute atomic E-state index is 0.100. The molecular weight excluding hydrogens is 190 g/mol. The van der Waals surface area contributed by atoms with Gasteiger partial charge in [-0.2, -0.15) is 0 Å². The smallest absolute Gasteiger partial charge is 0.0681 e. The quantitative estimate of drug-likeness (QED) is 0.723. The standard InChI is InChI=1S/C12H19NO2/c1-3-15-9-8-13(2)12-6-4-11(10-14)5-7-12/h4-7,14H,3,8-10H2,1-2H3. The van der Waals surface area contributed by atoms with E-state index in [1.54, 1.807) is 0 Å². The molecule has 0 saturated heterocycles. The highest BCUT2D eigenvalue weighted by Crippen LogP contribution is 2.13. The number of nitrogens with zero attached hydrogens (tertiary/aromatic N) is 1. The van der Waals surface area contributed by atoms with Gasteiger partial charge in [-0.1, -0.05) is 12.1 Å². The Morgan fingerprint density at radius 1 is 1.27 bits per heavy atom. The number of aliphatic hydroxyl groups excluding tert-OH is 1. The summed E-state index contributed by atoms with van der Waals surface area (Å²) in [7, 11) is 2.03. The van der Waals surface area contributed by atoms with Crippen molar-refractivity contribution < 1.29 is 9.84 Å². The molecule has 0 radical (unpaired) electrons. The molecule has 0 atom stereocenters. The first-order valence-electron chi connectivity index (χ1n) is 5.26. The molecule has 0 aliphatic carbocycles. The van der Waals surface area contributed by atoms with Crippen molar-refractivity contribution in [2.75, 3.05) is 31.7 Å². The molecule has 0 unspecified atom stereocenters.